The molecule has 0 spiro atoms. The number of hydrogen-bond donors (Lipinski definition) is 1. The van der Waals surface area contributed by atoms with Gasteiger partial charge in [-0.25, -0.2) is 0 Å². The zero-order chi connectivity index (χ0) is 9.90. The topological polar surface area (TPSA) is 20.2 Å². The largest absolute Gasteiger partial charge is 0.385 e. The zero-order valence-corrected chi connectivity index (χ0v) is 8.25. The normalized spacial score (nSPS) is 15.0. The molecule has 1 aromatic carbocycles. The van der Waals surface area contributed by atoms with Gasteiger partial charge < -0.3 is 5.11 Å². The average Bonchev–Trinajstić information content (AvgIpc) is 2.05. The van der Waals surface area contributed by atoms with Gasteiger partial charge in [0.05, 0.1) is 5.60 Å². The van der Waals surface area contributed by atoms with Gasteiger partial charge in [-0.1, -0.05) is 35.9 Å². The maximum Gasteiger partial charge on any atom is 0.0902 e. The number of aliphatic hydroxyl groups is 1. The molecule has 0 saturated carbocycles. The Balaban J connectivity index is 2.93. The fraction of sp³-hybridized carbons (Fsp3) is 0.333. The lowest BCUT2D eigenvalue weighted by atomic mass is 9.92. The monoisotopic (exact) mass is 176 g/mol. The van der Waals surface area contributed by atoms with E-state index in [0.717, 1.165) is 5.56 Å². The van der Waals surface area contributed by atoms with Crippen LogP contribution in [0.3, 0.4) is 0 Å². The average molecular weight is 176 g/mol. The minimum Gasteiger partial charge on any atom is -0.385 e. The molecule has 0 amide bonds. The number of hydrogen-bond acceptors (Lipinski definition) is 1. The van der Waals surface area contributed by atoms with E-state index in [9.17, 15) is 5.11 Å². The SMILES string of the molecule is C=CC[C@@](C)(O)c1ccc(C)cc1. The van der Waals surface area contributed by atoms with Crippen LogP contribution >= 0.6 is 0 Å². The Kier molecular flexibility index (Phi) is 2.89. The summed E-state index contributed by atoms with van der Waals surface area (Å²) in [5.41, 5.74) is 1.37. The van der Waals surface area contributed by atoms with Crippen molar-refractivity contribution in [3.8, 4) is 0 Å². The van der Waals surface area contributed by atoms with Crippen molar-refractivity contribution >= 4 is 0 Å². The van der Waals surface area contributed by atoms with Gasteiger partial charge in [0.25, 0.3) is 0 Å². The summed E-state index contributed by atoms with van der Waals surface area (Å²) in [6.45, 7) is 7.47. The zero-order valence-electron chi connectivity index (χ0n) is 8.25. The Morgan fingerprint density at radius 1 is 1.38 bits per heavy atom. The number of benzene rings is 1. The summed E-state index contributed by atoms with van der Waals surface area (Å²) in [6.07, 6.45) is 2.32. The molecular weight excluding hydrogens is 160 g/mol. The Labute approximate surface area is 79.7 Å². The first kappa shape index (κ1) is 10.0. The molecule has 70 valence electrons. The van der Waals surface area contributed by atoms with E-state index in [0.29, 0.717) is 6.42 Å². The van der Waals surface area contributed by atoms with Gasteiger partial charge in [-0.2, -0.15) is 0 Å². The second kappa shape index (κ2) is 3.75. The second-order valence-electron chi connectivity index (χ2n) is 3.63. The first-order valence-electron chi connectivity index (χ1n) is 4.47. The van der Waals surface area contributed by atoms with E-state index >= 15 is 0 Å². The van der Waals surface area contributed by atoms with E-state index < -0.39 is 5.60 Å². The van der Waals surface area contributed by atoms with Crippen LogP contribution in [0.5, 0.6) is 0 Å². The van der Waals surface area contributed by atoms with Gasteiger partial charge in [0.1, 0.15) is 0 Å². The van der Waals surface area contributed by atoms with Crippen molar-refractivity contribution in [2.45, 2.75) is 25.9 Å². The highest BCUT2D eigenvalue weighted by Crippen LogP contribution is 2.24. The van der Waals surface area contributed by atoms with E-state index in [4.69, 9.17) is 0 Å². The highest BCUT2D eigenvalue weighted by Gasteiger charge is 2.20. The Hall–Kier alpha value is -1.08. The van der Waals surface area contributed by atoms with E-state index in [2.05, 4.69) is 6.58 Å². The van der Waals surface area contributed by atoms with Crippen LogP contribution < -0.4 is 0 Å². The minimum absolute atomic E-state index is 0.579. The molecule has 1 rings (SSSR count). The molecule has 1 heteroatoms. The maximum atomic E-state index is 10.0. The Morgan fingerprint density at radius 2 is 1.92 bits per heavy atom. The van der Waals surface area contributed by atoms with Crippen LogP contribution in [-0.2, 0) is 5.60 Å². The molecule has 0 aliphatic heterocycles. The summed E-state index contributed by atoms with van der Waals surface area (Å²) in [4.78, 5) is 0. The lowest BCUT2D eigenvalue weighted by molar-refractivity contribution is 0.0606. The van der Waals surface area contributed by atoms with Crippen LogP contribution in [0.25, 0.3) is 0 Å². The lowest BCUT2D eigenvalue weighted by Gasteiger charge is -2.22. The number of rotatable bonds is 3. The van der Waals surface area contributed by atoms with Crippen molar-refractivity contribution in [1.29, 1.82) is 0 Å². The summed E-state index contributed by atoms with van der Waals surface area (Å²) >= 11 is 0. The summed E-state index contributed by atoms with van der Waals surface area (Å²) in [5.74, 6) is 0. The predicted molar refractivity (Wildman–Crippen MR) is 55.6 cm³/mol. The Bertz CT molecular complexity index is 282. The van der Waals surface area contributed by atoms with Crippen molar-refractivity contribution in [3.63, 3.8) is 0 Å². The van der Waals surface area contributed by atoms with E-state index in [1.165, 1.54) is 5.56 Å². The highest BCUT2D eigenvalue weighted by atomic mass is 16.3. The smallest absolute Gasteiger partial charge is 0.0902 e. The fourth-order valence-corrected chi connectivity index (χ4v) is 1.31. The Morgan fingerprint density at radius 3 is 2.38 bits per heavy atom. The van der Waals surface area contributed by atoms with Crippen LogP contribution in [0.4, 0.5) is 0 Å². The molecule has 0 radical (unpaired) electrons. The first-order valence-corrected chi connectivity index (χ1v) is 4.47. The minimum atomic E-state index is -0.782. The van der Waals surface area contributed by atoms with Gasteiger partial charge in [0, 0.05) is 0 Å². The molecular formula is C12H16O. The third-order valence-corrected chi connectivity index (χ3v) is 2.22. The predicted octanol–water partition coefficient (Wildman–Crippen LogP) is 2.78. The molecule has 1 atom stereocenters. The molecule has 0 unspecified atom stereocenters. The van der Waals surface area contributed by atoms with Gasteiger partial charge in [-0.3, -0.25) is 0 Å². The molecule has 0 aromatic heterocycles. The van der Waals surface area contributed by atoms with E-state index in [-0.39, 0.29) is 0 Å². The van der Waals surface area contributed by atoms with E-state index in [1.54, 1.807) is 13.0 Å². The summed E-state index contributed by atoms with van der Waals surface area (Å²) in [5, 5.41) is 10.0. The van der Waals surface area contributed by atoms with Crippen LogP contribution in [-0.4, -0.2) is 5.11 Å². The van der Waals surface area contributed by atoms with Gasteiger partial charge in [-0.15, -0.1) is 6.58 Å². The van der Waals surface area contributed by atoms with Crippen LogP contribution in [0.2, 0.25) is 0 Å². The fourth-order valence-electron chi connectivity index (χ4n) is 1.31. The first-order chi connectivity index (χ1) is 6.06. The van der Waals surface area contributed by atoms with Gasteiger partial charge >= 0.3 is 0 Å². The van der Waals surface area contributed by atoms with Crippen LogP contribution in [0.1, 0.15) is 24.5 Å². The molecule has 0 fully saturated rings. The molecule has 0 heterocycles. The third kappa shape index (κ3) is 2.43. The summed E-state index contributed by atoms with van der Waals surface area (Å²) in [7, 11) is 0. The maximum absolute atomic E-state index is 10.0. The van der Waals surface area contributed by atoms with Gasteiger partial charge in [0.15, 0.2) is 0 Å². The van der Waals surface area contributed by atoms with E-state index in [1.807, 2.05) is 31.2 Å². The van der Waals surface area contributed by atoms with Crippen molar-refractivity contribution < 1.29 is 5.11 Å². The molecule has 0 aliphatic carbocycles. The molecule has 1 N–H and O–H groups in total. The molecule has 13 heavy (non-hydrogen) atoms. The van der Waals surface area contributed by atoms with Crippen molar-refractivity contribution in [2.24, 2.45) is 0 Å². The van der Waals surface area contributed by atoms with Crippen LogP contribution in [0, 0.1) is 6.92 Å². The molecule has 1 nitrogen and oxygen atoms in total. The quantitative estimate of drug-likeness (QED) is 0.702. The van der Waals surface area contributed by atoms with Gasteiger partial charge in [-0.05, 0) is 25.8 Å². The van der Waals surface area contributed by atoms with Gasteiger partial charge in [0.2, 0.25) is 0 Å². The lowest BCUT2D eigenvalue weighted by Crippen LogP contribution is -2.19. The van der Waals surface area contributed by atoms with Crippen molar-refractivity contribution in [1.82, 2.24) is 0 Å². The third-order valence-electron chi connectivity index (χ3n) is 2.22. The van der Waals surface area contributed by atoms with Crippen molar-refractivity contribution in [2.75, 3.05) is 0 Å². The van der Waals surface area contributed by atoms with Crippen LogP contribution in [0.15, 0.2) is 36.9 Å². The van der Waals surface area contributed by atoms with Crippen molar-refractivity contribution in [3.05, 3.63) is 48.0 Å². The molecule has 1 aromatic rings. The molecule has 0 aliphatic rings. The number of aryl methyl sites for hydroxylation is 1. The highest BCUT2D eigenvalue weighted by molar-refractivity contribution is 5.26. The molecule has 0 bridgehead atoms. The molecule has 0 saturated heterocycles. The standard InChI is InChI=1S/C12H16O/c1-4-9-12(3,13)11-7-5-10(2)6-8-11/h4-8,13H,1,9H2,2-3H3/t12-/m1/s1. The second-order valence-corrected chi connectivity index (χ2v) is 3.63. The summed E-state index contributed by atoms with van der Waals surface area (Å²) in [6, 6.07) is 7.93. The summed E-state index contributed by atoms with van der Waals surface area (Å²) < 4.78 is 0.